The van der Waals surface area contributed by atoms with Crippen LogP contribution in [0.15, 0.2) is 36.5 Å². The van der Waals surface area contributed by atoms with Gasteiger partial charge in [0.05, 0.1) is 22.8 Å². The van der Waals surface area contributed by atoms with Gasteiger partial charge in [-0.05, 0) is 39.3 Å². The number of aryl methyl sites for hydroxylation is 1. The molecule has 3 heterocycles. The second-order valence-electron chi connectivity index (χ2n) is 7.90. The monoisotopic (exact) mass is 449 g/mol. The van der Waals surface area contributed by atoms with Crippen LogP contribution in [0.2, 0.25) is 0 Å². The summed E-state index contributed by atoms with van der Waals surface area (Å²) in [5.74, 6) is 0.0545. The van der Waals surface area contributed by atoms with Crippen molar-refractivity contribution >= 4 is 41.8 Å². The molecule has 0 saturated carbocycles. The molecule has 1 aliphatic heterocycles. The largest absolute Gasteiger partial charge is 0.336 e. The number of nitrogens with one attached hydrogen (secondary N) is 1. The van der Waals surface area contributed by atoms with Crippen LogP contribution in [0, 0.1) is 6.92 Å². The van der Waals surface area contributed by atoms with E-state index in [4.69, 9.17) is 4.98 Å². The molecule has 1 fully saturated rings. The number of benzene rings is 1. The number of fused-ring (bicyclic) bond motifs is 1. The fraction of sp³-hybridized carbons (Fsp3) is 0.409. The number of amides is 1. The van der Waals surface area contributed by atoms with Crippen LogP contribution in [0.25, 0.3) is 22.3 Å². The number of pyridine rings is 1. The van der Waals surface area contributed by atoms with Gasteiger partial charge in [-0.3, -0.25) is 4.79 Å². The van der Waals surface area contributed by atoms with Crippen molar-refractivity contribution in [2.24, 2.45) is 0 Å². The summed E-state index contributed by atoms with van der Waals surface area (Å²) in [5.41, 5.74) is 4.45. The van der Waals surface area contributed by atoms with E-state index in [0.29, 0.717) is 24.7 Å². The SMILES string of the molecule is Cc1ccccc1-c1cc(C(=O)N2CCNC(C)C2)c2cnn(C(C)C)c2n1.Cl.Cl. The zero-order valence-corrected chi connectivity index (χ0v) is 19.4. The average Bonchev–Trinajstić information content (AvgIpc) is 3.11. The third-order valence-corrected chi connectivity index (χ3v) is 5.36. The number of piperazine rings is 1. The van der Waals surface area contributed by atoms with Gasteiger partial charge < -0.3 is 10.2 Å². The van der Waals surface area contributed by atoms with E-state index in [1.54, 1.807) is 6.20 Å². The zero-order chi connectivity index (χ0) is 19.8. The third kappa shape index (κ3) is 4.46. The Labute approximate surface area is 189 Å². The lowest BCUT2D eigenvalue weighted by molar-refractivity contribution is 0.0711. The Morgan fingerprint density at radius 1 is 1.23 bits per heavy atom. The van der Waals surface area contributed by atoms with Gasteiger partial charge in [0.1, 0.15) is 0 Å². The molecule has 0 radical (unpaired) electrons. The highest BCUT2D eigenvalue weighted by Crippen LogP contribution is 2.29. The van der Waals surface area contributed by atoms with Crippen molar-refractivity contribution in [2.75, 3.05) is 19.6 Å². The van der Waals surface area contributed by atoms with Crippen molar-refractivity contribution in [3.8, 4) is 11.3 Å². The molecule has 0 aliphatic carbocycles. The lowest BCUT2D eigenvalue weighted by Gasteiger charge is -2.32. The highest BCUT2D eigenvalue weighted by atomic mass is 35.5. The average molecular weight is 450 g/mol. The number of aromatic nitrogens is 3. The van der Waals surface area contributed by atoms with E-state index in [0.717, 1.165) is 34.4 Å². The van der Waals surface area contributed by atoms with Gasteiger partial charge in [0.25, 0.3) is 5.91 Å². The van der Waals surface area contributed by atoms with E-state index >= 15 is 0 Å². The van der Waals surface area contributed by atoms with Crippen LogP contribution in [0.5, 0.6) is 0 Å². The van der Waals surface area contributed by atoms with Crippen LogP contribution in [0.1, 0.15) is 42.7 Å². The molecule has 2 aromatic heterocycles. The van der Waals surface area contributed by atoms with Gasteiger partial charge in [-0.1, -0.05) is 24.3 Å². The Hall–Kier alpha value is -2.15. The molecule has 6 nitrogen and oxygen atoms in total. The van der Waals surface area contributed by atoms with Crippen LogP contribution in [-0.2, 0) is 0 Å². The minimum atomic E-state index is 0. The topological polar surface area (TPSA) is 63.1 Å². The lowest BCUT2D eigenvalue weighted by Crippen LogP contribution is -2.51. The second kappa shape index (κ2) is 9.77. The molecule has 1 atom stereocenters. The lowest BCUT2D eigenvalue weighted by atomic mass is 10.0. The van der Waals surface area contributed by atoms with Crippen molar-refractivity contribution in [2.45, 2.75) is 39.8 Å². The van der Waals surface area contributed by atoms with E-state index in [-0.39, 0.29) is 36.8 Å². The Balaban J connectivity index is 0.00000160. The molecule has 1 N–H and O–H groups in total. The molecule has 30 heavy (non-hydrogen) atoms. The van der Waals surface area contributed by atoms with Gasteiger partial charge in [0.2, 0.25) is 0 Å². The van der Waals surface area contributed by atoms with E-state index in [2.05, 4.69) is 50.2 Å². The fourth-order valence-corrected chi connectivity index (χ4v) is 3.86. The molecule has 0 spiro atoms. The Morgan fingerprint density at radius 3 is 2.63 bits per heavy atom. The molecule has 3 aromatic rings. The Bertz CT molecular complexity index is 1030. The number of rotatable bonds is 3. The van der Waals surface area contributed by atoms with Crippen molar-refractivity contribution in [1.82, 2.24) is 25.0 Å². The molecule has 162 valence electrons. The first-order chi connectivity index (χ1) is 13.5. The molecule has 1 saturated heterocycles. The van der Waals surface area contributed by atoms with Gasteiger partial charge in [0, 0.05) is 37.3 Å². The van der Waals surface area contributed by atoms with Gasteiger partial charge >= 0.3 is 0 Å². The maximum absolute atomic E-state index is 13.4. The molecule has 1 unspecified atom stereocenters. The van der Waals surface area contributed by atoms with E-state index in [1.807, 2.05) is 27.8 Å². The smallest absolute Gasteiger partial charge is 0.254 e. The molecule has 8 heteroatoms. The van der Waals surface area contributed by atoms with Crippen molar-refractivity contribution < 1.29 is 4.79 Å². The number of carbonyl (C=O) groups excluding carboxylic acids is 1. The summed E-state index contributed by atoms with van der Waals surface area (Å²) in [5, 5.41) is 8.74. The Morgan fingerprint density at radius 2 is 1.97 bits per heavy atom. The fourth-order valence-electron chi connectivity index (χ4n) is 3.86. The summed E-state index contributed by atoms with van der Waals surface area (Å²) < 4.78 is 1.90. The van der Waals surface area contributed by atoms with Gasteiger partial charge in [-0.2, -0.15) is 5.10 Å². The maximum atomic E-state index is 13.4. The first-order valence-corrected chi connectivity index (χ1v) is 9.92. The predicted molar refractivity (Wildman–Crippen MR) is 126 cm³/mol. The summed E-state index contributed by atoms with van der Waals surface area (Å²) in [6.07, 6.45) is 1.78. The summed E-state index contributed by atoms with van der Waals surface area (Å²) in [6, 6.07) is 10.5. The minimum Gasteiger partial charge on any atom is -0.336 e. The van der Waals surface area contributed by atoms with Crippen molar-refractivity contribution in [1.29, 1.82) is 0 Å². The Kier molecular flexibility index (Phi) is 7.86. The molecule has 1 amide bonds. The first kappa shape index (κ1) is 24.1. The summed E-state index contributed by atoms with van der Waals surface area (Å²) in [6.45, 7) is 10.6. The third-order valence-electron chi connectivity index (χ3n) is 5.36. The summed E-state index contributed by atoms with van der Waals surface area (Å²) >= 11 is 0. The van der Waals surface area contributed by atoms with Gasteiger partial charge in [-0.25, -0.2) is 9.67 Å². The van der Waals surface area contributed by atoms with E-state index in [1.165, 1.54) is 0 Å². The highest BCUT2D eigenvalue weighted by molar-refractivity contribution is 6.06. The normalized spacial score (nSPS) is 16.3. The van der Waals surface area contributed by atoms with Crippen molar-refractivity contribution in [3.63, 3.8) is 0 Å². The van der Waals surface area contributed by atoms with Crippen LogP contribution in [0.4, 0.5) is 0 Å². The molecule has 1 aliphatic rings. The maximum Gasteiger partial charge on any atom is 0.254 e. The number of halogens is 2. The standard InChI is InChI=1S/C22H27N5O.2ClH/c1-14(2)27-21-19(12-24-27)18(22(28)26-10-9-23-16(4)13-26)11-20(25-21)17-8-6-5-7-15(17)3;;/h5-8,11-12,14,16,23H,9-10,13H2,1-4H3;2*1H. The molecule has 4 rings (SSSR count). The van der Waals surface area contributed by atoms with Gasteiger partial charge in [-0.15, -0.1) is 24.8 Å². The summed E-state index contributed by atoms with van der Waals surface area (Å²) in [4.78, 5) is 20.3. The van der Waals surface area contributed by atoms with Crippen LogP contribution in [-0.4, -0.2) is 51.2 Å². The van der Waals surface area contributed by atoms with Crippen LogP contribution in [0.3, 0.4) is 0 Å². The molecular weight excluding hydrogens is 421 g/mol. The highest BCUT2D eigenvalue weighted by Gasteiger charge is 2.25. The number of hydrogen-bond acceptors (Lipinski definition) is 4. The van der Waals surface area contributed by atoms with E-state index < -0.39 is 0 Å². The van der Waals surface area contributed by atoms with Gasteiger partial charge in [0.15, 0.2) is 5.65 Å². The first-order valence-electron chi connectivity index (χ1n) is 9.92. The number of carbonyl (C=O) groups is 1. The van der Waals surface area contributed by atoms with Crippen LogP contribution >= 0.6 is 24.8 Å². The second-order valence-corrected chi connectivity index (χ2v) is 7.90. The number of hydrogen-bond donors (Lipinski definition) is 1. The molecule has 1 aromatic carbocycles. The minimum absolute atomic E-state index is 0. The van der Waals surface area contributed by atoms with E-state index in [9.17, 15) is 4.79 Å². The molecular formula is C22H29Cl2N5O. The van der Waals surface area contributed by atoms with Crippen molar-refractivity contribution in [3.05, 3.63) is 47.7 Å². The molecule has 0 bridgehead atoms. The van der Waals surface area contributed by atoms with Crippen LogP contribution < -0.4 is 5.32 Å². The summed E-state index contributed by atoms with van der Waals surface area (Å²) in [7, 11) is 0. The number of nitrogens with zero attached hydrogens (tertiary/aromatic N) is 4. The predicted octanol–water partition coefficient (Wildman–Crippen LogP) is 4.27. The quantitative estimate of drug-likeness (QED) is 0.648. The zero-order valence-electron chi connectivity index (χ0n) is 17.8.